The van der Waals surface area contributed by atoms with Crippen LogP contribution in [0.3, 0.4) is 0 Å². The molecule has 3 nitrogen and oxygen atoms in total. The van der Waals surface area contributed by atoms with Gasteiger partial charge in [-0.25, -0.2) is 0 Å². The fraction of sp³-hybridized carbons (Fsp3) is 0.286. The van der Waals surface area contributed by atoms with Crippen molar-refractivity contribution in [1.29, 1.82) is 0 Å². The number of hydrogen-bond donors (Lipinski definition) is 1. The van der Waals surface area contributed by atoms with Crippen LogP contribution < -0.4 is 10.3 Å². The topological polar surface area (TPSA) is 42.1 Å². The molecule has 0 radical (unpaired) electrons. The highest BCUT2D eigenvalue weighted by Crippen LogP contribution is 2.10. The molecular weight excluding hydrogens is 130 g/mol. The molecule has 54 valence electrons. The Kier molecular flexibility index (Phi) is 1.76. The van der Waals surface area contributed by atoms with Crippen molar-refractivity contribution in [2.45, 2.75) is 6.92 Å². The minimum atomic E-state index is -0.137. The molecule has 0 saturated carbocycles. The molecule has 10 heavy (non-hydrogen) atoms. The SMILES string of the molecule is COc1cc(=O)[nH]cc1C. The average Bonchev–Trinajstić information content (AvgIpc) is 1.94. The minimum Gasteiger partial charge on any atom is -0.496 e. The Morgan fingerprint density at radius 3 is 2.80 bits per heavy atom. The Morgan fingerprint density at radius 2 is 2.30 bits per heavy atom. The first-order chi connectivity index (χ1) is 4.74. The van der Waals surface area contributed by atoms with Crippen LogP contribution in [0.15, 0.2) is 17.1 Å². The number of aromatic nitrogens is 1. The second-order valence-corrected chi connectivity index (χ2v) is 2.05. The van der Waals surface area contributed by atoms with E-state index in [0.29, 0.717) is 5.75 Å². The van der Waals surface area contributed by atoms with E-state index in [1.165, 1.54) is 6.07 Å². The second-order valence-electron chi connectivity index (χ2n) is 2.05. The van der Waals surface area contributed by atoms with Crippen LogP contribution in [0.25, 0.3) is 0 Å². The van der Waals surface area contributed by atoms with E-state index in [2.05, 4.69) is 4.98 Å². The largest absolute Gasteiger partial charge is 0.496 e. The molecule has 0 aliphatic carbocycles. The third kappa shape index (κ3) is 1.18. The molecule has 0 amide bonds. The number of pyridine rings is 1. The van der Waals surface area contributed by atoms with Crippen LogP contribution in [0.1, 0.15) is 5.56 Å². The Balaban J connectivity index is 3.22. The molecule has 1 aromatic rings. The predicted molar refractivity (Wildman–Crippen MR) is 38.4 cm³/mol. The van der Waals surface area contributed by atoms with Gasteiger partial charge in [0, 0.05) is 17.8 Å². The normalized spacial score (nSPS) is 9.40. The van der Waals surface area contributed by atoms with E-state index in [4.69, 9.17) is 4.74 Å². The maximum Gasteiger partial charge on any atom is 0.251 e. The Morgan fingerprint density at radius 1 is 1.60 bits per heavy atom. The van der Waals surface area contributed by atoms with Gasteiger partial charge in [0.2, 0.25) is 0 Å². The van der Waals surface area contributed by atoms with Crippen molar-refractivity contribution in [2.24, 2.45) is 0 Å². The second kappa shape index (κ2) is 2.56. The maximum atomic E-state index is 10.7. The number of aromatic amines is 1. The third-order valence-electron chi connectivity index (χ3n) is 1.30. The lowest BCUT2D eigenvalue weighted by molar-refractivity contribution is 0.410. The monoisotopic (exact) mass is 139 g/mol. The van der Waals surface area contributed by atoms with Crippen molar-refractivity contribution in [2.75, 3.05) is 7.11 Å². The average molecular weight is 139 g/mol. The molecule has 1 aromatic heterocycles. The van der Waals surface area contributed by atoms with E-state index in [1.54, 1.807) is 13.3 Å². The summed E-state index contributed by atoms with van der Waals surface area (Å²) in [5.74, 6) is 0.628. The van der Waals surface area contributed by atoms with E-state index in [-0.39, 0.29) is 5.56 Å². The molecule has 0 fully saturated rings. The van der Waals surface area contributed by atoms with Crippen molar-refractivity contribution in [3.63, 3.8) is 0 Å². The zero-order valence-electron chi connectivity index (χ0n) is 5.97. The molecule has 3 heteroatoms. The van der Waals surface area contributed by atoms with Crippen LogP contribution in [0.4, 0.5) is 0 Å². The third-order valence-corrected chi connectivity index (χ3v) is 1.30. The Labute approximate surface area is 58.7 Å². The summed E-state index contributed by atoms with van der Waals surface area (Å²) in [6.45, 7) is 1.87. The van der Waals surface area contributed by atoms with Crippen LogP contribution in [0, 0.1) is 6.92 Å². The van der Waals surface area contributed by atoms with Crippen molar-refractivity contribution < 1.29 is 4.74 Å². The summed E-state index contributed by atoms with van der Waals surface area (Å²) in [4.78, 5) is 13.2. The summed E-state index contributed by atoms with van der Waals surface area (Å²) in [5, 5.41) is 0. The molecule has 1 N–H and O–H groups in total. The minimum absolute atomic E-state index is 0.137. The summed E-state index contributed by atoms with van der Waals surface area (Å²) >= 11 is 0. The molecule has 0 bridgehead atoms. The number of hydrogen-bond acceptors (Lipinski definition) is 2. The number of nitrogens with one attached hydrogen (secondary N) is 1. The van der Waals surface area contributed by atoms with E-state index >= 15 is 0 Å². The number of rotatable bonds is 1. The quantitative estimate of drug-likeness (QED) is 0.622. The molecule has 1 rings (SSSR count). The van der Waals surface area contributed by atoms with Crippen molar-refractivity contribution in [3.8, 4) is 5.75 Å². The molecule has 0 atom stereocenters. The molecule has 1 heterocycles. The van der Waals surface area contributed by atoms with Gasteiger partial charge in [0.1, 0.15) is 5.75 Å². The zero-order valence-corrected chi connectivity index (χ0v) is 5.97. The molecule has 0 spiro atoms. The van der Waals surface area contributed by atoms with E-state index < -0.39 is 0 Å². The summed E-state index contributed by atoms with van der Waals surface area (Å²) in [5.41, 5.74) is 0.796. The van der Waals surface area contributed by atoms with Gasteiger partial charge in [-0.3, -0.25) is 4.79 Å². The smallest absolute Gasteiger partial charge is 0.251 e. The number of H-pyrrole nitrogens is 1. The fourth-order valence-corrected chi connectivity index (χ4v) is 0.745. The van der Waals surface area contributed by atoms with Gasteiger partial charge in [0.25, 0.3) is 5.56 Å². The standard InChI is InChI=1S/C7H9NO2/c1-5-4-8-7(9)3-6(5)10-2/h3-4H,1-2H3,(H,8,9). The highest BCUT2D eigenvalue weighted by molar-refractivity contribution is 5.27. The first kappa shape index (κ1) is 6.86. The van der Waals surface area contributed by atoms with Gasteiger partial charge < -0.3 is 9.72 Å². The van der Waals surface area contributed by atoms with E-state index in [0.717, 1.165) is 5.56 Å². The molecule has 0 unspecified atom stereocenters. The van der Waals surface area contributed by atoms with E-state index in [1.807, 2.05) is 6.92 Å². The first-order valence-corrected chi connectivity index (χ1v) is 2.97. The molecular formula is C7H9NO2. The van der Waals surface area contributed by atoms with Gasteiger partial charge in [0.15, 0.2) is 0 Å². The van der Waals surface area contributed by atoms with Gasteiger partial charge in [-0.2, -0.15) is 0 Å². The van der Waals surface area contributed by atoms with Gasteiger partial charge in [-0.05, 0) is 6.92 Å². The summed E-state index contributed by atoms with van der Waals surface area (Å²) < 4.78 is 4.91. The van der Waals surface area contributed by atoms with E-state index in [9.17, 15) is 4.79 Å². The molecule has 0 aromatic carbocycles. The summed E-state index contributed by atoms with van der Waals surface area (Å²) in [7, 11) is 1.54. The summed E-state index contributed by atoms with van der Waals surface area (Å²) in [6.07, 6.45) is 1.63. The number of ether oxygens (including phenoxy) is 1. The fourth-order valence-electron chi connectivity index (χ4n) is 0.745. The van der Waals surface area contributed by atoms with Gasteiger partial charge in [0.05, 0.1) is 7.11 Å². The molecule has 0 aliphatic rings. The zero-order chi connectivity index (χ0) is 7.56. The maximum absolute atomic E-state index is 10.7. The van der Waals surface area contributed by atoms with Crippen molar-refractivity contribution in [1.82, 2.24) is 4.98 Å². The molecule has 0 aliphatic heterocycles. The van der Waals surface area contributed by atoms with Gasteiger partial charge in [-0.15, -0.1) is 0 Å². The Hall–Kier alpha value is -1.25. The Bertz CT molecular complexity index is 277. The van der Waals surface area contributed by atoms with Crippen molar-refractivity contribution in [3.05, 3.63) is 28.2 Å². The van der Waals surface area contributed by atoms with Gasteiger partial charge >= 0.3 is 0 Å². The summed E-state index contributed by atoms with van der Waals surface area (Å²) in [6, 6.07) is 1.43. The van der Waals surface area contributed by atoms with Crippen LogP contribution in [-0.2, 0) is 0 Å². The molecule has 0 saturated heterocycles. The highest BCUT2D eigenvalue weighted by Gasteiger charge is 1.95. The first-order valence-electron chi connectivity index (χ1n) is 2.97. The number of methoxy groups -OCH3 is 1. The highest BCUT2D eigenvalue weighted by atomic mass is 16.5. The van der Waals surface area contributed by atoms with Crippen molar-refractivity contribution >= 4 is 0 Å². The van der Waals surface area contributed by atoms with Crippen LogP contribution in [0.2, 0.25) is 0 Å². The predicted octanol–water partition coefficient (Wildman–Crippen LogP) is 0.692. The van der Waals surface area contributed by atoms with Crippen LogP contribution in [0.5, 0.6) is 5.75 Å². The lowest BCUT2D eigenvalue weighted by Crippen LogP contribution is -2.04. The van der Waals surface area contributed by atoms with Crippen LogP contribution in [-0.4, -0.2) is 12.1 Å². The lowest BCUT2D eigenvalue weighted by Gasteiger charge is -2.00. The lowest BCUT2D eigenvalue weighted by atomic mass is 10.3. The number of aryl methyl sites for hydroxylation is 1. The van der Waals surface area contributed by atoms with Gasteiger partial charge in [-0.1, -0.05) is 0 Å². The van der Waals surface area contributed by atoms with Crippen LogP contribution >= 0.6 is 0 Å².